The highest BCUT2D eigenvalue weighted by Gasteiger charge is 2.21. The van der Waals surface area contributed by atoms with Gasteiger partial charge in [-0.15, -0.1) is 0 Å². The summed E-state index contributed by atoms with van der Waals surface area (Å²) < 4.78 is 5.10. The summed E-state index contributed by atoms with van der Waals surface area (Å²) in [5.41, 5.74) is 1.15. The van der Waals surface area contributed by atoms with Crippen molar-refractivity contribution < 1.29 is 9.53 Å². The number of ether oxygens (including phenoxy) is 1. The van der Waals surface area contributed by atoms with Crippen LogP contribution in [0.5, 0.6) is 0 Å². The van der Waals surface area contributed by atoms with E-state index in [4.69, 9.17) is 4.74 Å². The largest absolute Gasteiger partial charge is 0.383 e. The number of nitrogens with zero attached hydrogens (tertiary/aromatic N) is 1. The fourth-order valence-electron chi connectivity index (χ4n) is 2.11. The van der Waals surface area contributed by atoms with E-state index in [1.54, 1.807) is 7.11 Å². The highest BCUT2D eigenvalue weighted by atomic mass is 16.5. The van der Waals surface area contributed by atoms with E-state index in [1.807, 2.05) is 35.2 Å². The third-order valence-electron chi connectivity index (χ3n) is 3.54. The van der Waals surface area contributed by atoms with Gasteiger partial charge in [0.1, 0.15) is 0 Å². The Balaban J connectivity index is 1.82. The van der Waals surface area contributed by atoms with Gasteiger partial charge in [-0.3, -0.25) is 4.79 Å². The first-order valence-corrected chi connectivity index (χ1v) is 7.31. The topological polar surface area (TPSA) is 41.6 Å². The molecule has 2 rings (SSSR count). The van der Waals surface area contributed by atoms with Gasteiger partial charge >= 0.3 is 0 Å². The Kier molecular flexibility index (Phi) is 6.02. The lowest BCUT2D eigenvalue weighted by atomic mass is 10.2. The fraction of sp³-hybridized carbons (Fsp3) is 0.562. The van der Waals surface area contributed by atoms with Crippen LogP contribution in [0, 0.1) is 5.92 Å². The molecule has 0 unspecified atom stereocenters. The third kappa shape index (κ3) is 5.31. The van der Waals surface area contributed by atoms with Crippen molar-refractivity contribution in [1.29, 1.82) is 0 Å². The molecule has 1 fully saturated rings. The lowest BCUT2D eigenvalue weighted by Gasteiger charge is -2.23. The van der Waals surface area contributed by atoms with E-state index in [1.165, 1.54) is 12.8 Å². The lowest BCUT2D eigenvalue weighted by Crippen LogP contribution is -2.40. The quantitative estimate of drug-likeness (QED) is 0.746. The van der Waals surface area contributed by atoms with Crippen LogP contribution in [-0.2, 0) is 16.1 Å². The predicted octanol–water partition coefficient (Wildman–Crippen LogP) is 1.66. The molecule has 1 aromatic carbocycles. The van der Waals surface area contributed by atoms with Gasteiger partial charge in [-0.2, -0.15) is 0 Å². The van der Waals surface area contributed by atoms with Crippen molar-refractivity contribution in [1.82, 2.24) is 10.2 Å². The van der Waals surface area contributed by atoms with Crippen LogP contribution in [0.15, 0.2) is 30.3 Å². The molecular weight excluding hydrogens is 252 g/mol. The zero-order chi connectivity index (χ0) is 14.2. The number of hydrogen-bond acceptors (Lipinski definition) is 3. The average molecular weight is 276 g/mol. The maximum Gasteiger partial charge on any atom is 0.236 e. The Morgan fingerprint density at radius 1 is 1.35 bits per heavy atom. The van der Waals surface area contributed by atoms with Crippen LogP contribution >= 0.6 is 0 Å². The smallest absolute Gasteiger partial charge is 0.236 e. The highest BCUT2D eigenvalue weighted by Crippen LogP contribution is 2.27. The molecule has 20 heavy (non-hydrogen) atoms. The summed E-state index contributed by atoms with van der Waals surface area (Å²) in [5, 5.41) is 3.26. The third-order valence-corrected chi connectivity index (χ3v) is 3.54. The van der Waals surface area contributed by atoms with Crippen molar-refractivity contribution >= 4 is 5.91 Å². The van der Waals surface area contributed by atoms with Crippen molar-refractivity contribution in [3.8, 4) is 0 Å². The Bertz CT molecular complexity index is 404. The second-order valence-corrected chi connectivity index (χ2v) is 5.37. The molecule has 0 heterocycles. The molecule has 1 amide bonds. The second kappa shape index (κ2) is 8.02. The van der Waals surface area contributed by atoms with Crippen molar-refractivity contribution in [3.63, 3.8) is 0 Å². The standard InChI is InChI=1S/C16H24N2O2/c1-20-10-9-18(13-15-5-3-2-4-6-15)16(19)12-17-11-14-7-8-14/h2-6,14,17H,7-13H2,1H3. The zero-order valence-electron chi connectivity index (χ0n) is 12.2. The van der Waals surface area contributed by atoms with Crippen LogP contribution in [0.2, 0.25) is 0 Å². The van der Waals surface area contributed by atoms with Crippen LogP contribution in [0.25, 0.3) is 0 Å². The van der Waals surface area contributed by atoms with Gasteiger partial charge in [-0.05, 0) is 30.9 Å². The molecule has 4 heteroatoms. The molecule has 1 aliphatic carbocycles. The van der Waals surface area contributed by atoms with Crippen molar-refractivity contribution in [3.05, 3.63) is 35.9 Å². The zero-order valence-corrected chi connectivity index (χ0v) is 12.2. The molecular formula is C16H24N2O2. The number of amides is 1. The van der Waals surface area contributed by atoms with Crippen LogP contribution in [0.3, 0.4) is 0 Å². The number of benzene rings is 1. The van der Waals surface area contributed by atoms with E-state index in [-0.39, 0.29) is 5.91 Å². The molecule has 0 atom stereocenters. The van der Waals surface area contributed by atoms with Gasteiger partial charge in [0.15, 0.2) is 0 Å². The summed E-state index contributed by atoms with van der Waals surface area (Å²) in [6.07, 6.45) is 2.61. The SMILES string of the molecule is COCCN(Cc1ccccc1)C(=O)CNCC1CC1. The number of hydrogen-bond donors (Lipinski definition) is 1. The van der Waals surface area contributed by atoms with Crippen LogP contribution in [0.1, 0.15) is 18.4 Å². The minimum absolute atomic E-state index is 0.145. The monoisotopic (exact) mass is 276 g/mol. The number of rotatable bonds is 9. The molecule has 0 aromatic heterocycles. The van der Waals surface area contributed by atoms with E-state index in [2.05, 4.69) is 5.32 Å². The summed E-state index contributed by atoms with van der Waals surface area (Å²) >= 11 is 0. The van der Waals surface area contributed by atoms with Gasteiger partial charge in [0.05, 0.1) is 13.2 Å². The molecule has 1 N–H and O–H groups in total. The summed E-state index contributed by atoms with van der Waals surface area (Å²) in [6, 6.07) is 10.1. The van der Waals surface area contributed by atoms with E-state index < -0.39 is 0 Å². The first kappa shape index (κ1) is 15.0. The van der Waals surface area contributed by atoms with Gasteiger partial charge in [-0.25, -0.2) is 0 Å². The number of methoxy groups -OCH3 is 1. The second-order valence-electron chi connectivity index (χ2n) is 5.37. The Morgan fingerprint density at radius 3 is 2.75 bits per heavy atom. The van der Waals surface area contributed by atoms with Gasteiger partial charge in [0.25, 0.3) is 0 Å². The fourth-order valence-corrected chi connectivity index (χ4v) is 2.11. The highest BCUT2D eigenvalue weighted by molar-refractivity contribution is 5.78. The summed E-state index contributed by atoms with van der Waals surface area (Å²) in [7, 11) is 1.66. The van der Waals surface area contributed by atoms with Crippen molar-refractivity contribution in [2.45, 2.75) is 19.4 Å². The molecule has 0 aliphatic heterocycles. The van der Waals surface area contributed by atoms with Crippen molar-refractivity contribution in [2.75, 3.05) is 33.4 Å². The number of carbonyl (C=O) groups excluding carboxylic acids is 1. The van der Waals surface area contributed by atoms with E-state index in [0.29, 0.717) is 26.2 Å². The van der Waals surface area contributed by atoms with E-state index in [0.717, 1.165) is 18.0 Å². The van der Waals surface area contributed by atoms with E-state index in [9.17, 15) is 4.79 Å². The molecule has 110 valence electrons. The molecule has 0 saturated heterocycles. The molecule has 0 radical (unpaired) electrons. The molecule has 0 spiro atoms. The summed E-state index contributed by atoms with van der Waals surface area (Å²) in [6.45, 7) is 3.24. The maximum atomic E-state index is 12.3. The van der Waals surface area contributed by atoms with Crippen LogP contribution in [-0.4, -0.2) is 44.2 Å². The molecule has 1 saturated carbocycles. The predicted molar refractivity (Wildman–Crippen MR) is 79.3 cm³/mol. The Hall–Kier alpha value is -1.39. The van der Waals surface area contributed by atoms with Gasteiger partial charge in [0.2, 0.25) is 5.91 Å². The first-order valence-electron chi connectivity index (χ1n) is 7.31. The Labute approximate surface area is 121 Å². The normalized spacial score (nSPS) is 14.2. The van der Waals surface area contributed by atoms with Crippen molar-refractivity contribution in [2.24, 2.45) is 5.92 Å². The molecule has 1 aromatic rings. The number of carbonyl (C=O) groups is 1. The van der Waals surface area contributed by atoms with E-state index >= 15 is 0 Å². The molecule has 4 nitrogen and oxygen atoms in total. The van der Waals surface area contributed by atoms with Gasteiger partial charge < -0.3 is 15.0 Å². The summed E-state index contributed by atoms with van der Waals surface area (Å²) in [5.74, 6) is 0.941. The molecule has 0 bridgehead atoms. The minimum Gasteiger partial charge on any atom is -0.383 e. The maximum absolute atomic E-state index is 12.3. The number of nitrogens with one attached hydrogen (secondary N) is 1. The van der Waals surface area contributed by atoms with Crippen LogP contribution < -0.4 is 5.32 Å². The van der Waals surface area contributed by atoms with Gasteiger partial charge in [0, 0.05) is 20.2 Å². The summed E-state index contributed by atoms with van der Waals surface area (Å²) in [4.78, 5) is 14.1. The Morgan fingerprint density at radius 2 is 2.10 bits per heavy atom. The van der Waals surface area contributed by atoms with Crippen LogP contribution in [0.4, 0.5) is 0 Å². The average Bonchev–Trinajstić information content (AvgIpc) is 3.28. The van der Waals surface area contributed by atoms with Gasteiger partial charge in [-0.1, -0.05) is 30.3 Å². The molecule has 1 aliphatic rings. The first-order chi connectivity index (χ1) is 9.79. The minimum atomic E-state index is 0.145. The lowest BCUT2D eigenvalue weighted by molar-refractivity contribution is -0.131.